The van der Waals surface area contributed by atoms with Gasteiger partial charge in [-0.3, -0.25) is 4.79 Å². The number of hydrogen-bond acceptors (Lipinski definition) is 4. The van der Waals surface area contributed by atoms with Gasteiger partial charge in [-0.25, -0.2) is 0 Å². The summed E-state index contributed by atoms with van der Waals surface area (Å²) in [5, 5.41) is 0. The highest BCUT2D eigenvalue weighted by molar-refractivity contribution is 4.93. The molecule has 1 aliphatic rings. The highest BCUT2D eigenvalue weighted by Gasteiger charge is 2.14. The standard InChI is InChI=1S/C16H28N4O/c17-7-2-4-8-18-9-5-10-19(13-12-18)14-15-20-11-3-1-6-16(20)21/h1,3,6,11H,2,4-5,7-10,12-15,17H2. The third-order valence-corrected chi connectivity index (χ3v) is 4.17. The summed E-state index contributed by atoms with van der Waals surface area (Å²) in [4.78, 5) is 16.7. The molecule has 21 heavy (non-hydrogen) atoms. The summed E-state index contributed by atoms with van der Waals surface area (Å²) in [6, 6.07) is 5.34. The van der Waals surface area contributed by atoms with Crippen LogP contribution < -0.4 is 11.3 Å². The van der Waals surface area contributed by atoms with Gasteiger partial charge >= 0.3 is 0 Å². The molecule has 1 aromatic heterocycles. The van der Waals surface area contributed by atoms with Crippen LogP contribution in [0.25, 0.3) is 0 Å². The quantitative estimate of drug-likeness (QED) is 0.748. The smallest absolute Gasteiger partial charge is 0.250 e. The molecule has 0 aromatic carbocycles. The fourth-order valence-corrected chi connectivity index (χ4v) is 2.85. The van der Waals surface area contributed by atoms with E-state index in [1.807, 2.05) is 12.3 Å². The van der Waals surface area contributed by atoms with Gasteiger partial charge in [0.2, 0.25) is 0 Å². The first-order chi connectivity index (χ1) is 10.3. The van der Waals surface area contributed by atoms with E-state index < -0.39 is 0 Å². The average Bonchev–Trinajstić information content (AvgIpc) is 2.72. The van der Waals surface area contributed by atoms with Gasteiger partial charge in [0.1, 0.15) is 0 Å². The molecule has 0 aliphatic carbocycles. The van der Waals surface area contributed by atoms with Crippen molar-refractivity contribution in [1.29, 1.82) is 0 Å². The molecule has 0 saturated carbocycles. The Kier molecular flexibility index (Phi) is 6.92. The second-order valence-corrected chi connectivity index (χ2v) is 5.76. The summed E-state index contributed by atoms with van der Waals surface area (Å²) in [5.74, 6) is 0. The predicted molar refractivity (Wildman–Crippen MR) is 86.5 cm³/mol. The van der Waals surface area contributed by atoms with E-state index in [1.165, 1.54) is 25.9 Å². The highest BCUT2D eigenvalue weighted by atomic mass is 16.1. The molecule has 1 aromatic rings. The van der Waals surface area contributed by atoms with Crippen molar-refractivity contribution >= 4 is 0 Å². The number of pyridine rings is 1. The van der Waals surface area contributed by atoms with Gasteiger partial charge < -0.3 is 20.1 Å². The molecule has 0 spiro atoms. The van der Waals surface area contributed by atoms with Crippen molar-refractivity contribution in [2.45, 2.75) is 25.8 Å². The second-order valence-electron chi connectivity index (χ2n) is 5.76. The van der Waals surface area contributed by atoms with Gasteiger partial charge in [-0.05, 0) is 51.5 Å². The van der Waals surface area contributed by atoms with Gasteiger partial charge in [0, 0.05) is 38.4 Å². The summed E-state index contributed by atoms with van der Waals surface area (Å²) in [6.07, 6.45) is 5.42. The third kappa shape index (κ3) is 5.61. The lowest BCUT2D eigenvalue weighted by Crippen LogP contribution is -2.34. The zero-order valence-electron chi connectivity index (χ0n) is 12.9. The van der Waals surface area contributed by atoms with Crippen LogP contribution in [-0.4, -0.2) is 60.2 Å². The van der Waals surface area contributed by atoms with E-state index in [-0.39, 0.29) is 5.56 Å². The maximum atomic E-state index is 11.7. The van der Waals surface area contributed by atoms with E-state index in [4.69, 9.17) is 5.73 Å². The molecule has 0 radical (unpaired) electrons. The Morgan fingerprint density at radius 1 is 0.952 bits per heavy atom. The van der Waals surface area contributed by atoms with E-state index in [2.05, 4.69) is 9.80 Å². The number of aromatic nitrogens is 1. The molecule has 0 bridgehead atoms. The molecule has 2 rings (SSSR count). The van der Waals surface area contributed by atoms with Crippen LogP contribution in [0.4, 0.5) is 0 Å². The summed E-state index contributed by atoms with van der Waals surface area (Å²) < 4.78 is 1.80. The van der Waals surface area contributed by atoms with Gasteiger partial charge in [0.05, 0.1) is 0 Å². The lowest BCUT2D eigenvalue weighted by molar-refractivity contribution is 0.247. The van der Waals surface area contributed by atoms with Crippen LogP contribution >= 0.6 is 0 Å². The maximum absolute atomic E-state index is 11.7. The first-order valence-corrected chi connectivity index (χ1v) is 8.10. The Bertz CT molecular complexity index is 460. The molecule has 1 aliphatic heterocycles. The van der Waals surface area contributed by atoms with Crippen LogP contribution in [0.15, 0.2) is 29.2 Å². The molecule has 5 heteroatoms. The molecule has 118 valence electrons. The first kappa shape index (κ1) is 16.2. The molecular weight excluding hydrogens is 264 g/mol. The Morgan fingerprint density at radius 3 is 2.43 bits per heavy atom. The van der Waals surface area contributed by atoms with E-state index in [0.717, 1.165) is 45.7 Å². The Labute approximate surface area is 127 Å². The summed E-state index contributed by atoms with van der Waals surface area (Å²) in [7, 11) is 0. The largest absolute Gasteiger partial charge is 0.330 e. The fraction of sp³-hybridized carbons (Fsp3) is 0.688. The van der Waals surface area contributed by atoms with Crippen LogP contribution in [0.5, 0.6) is 0 Å². The summed E-state index contributed by atoms with van der Waals surface area (Å²) in [5.41, 5.74) is 5.64. The van der Waals surface area contributed by atoms with Gasteiger partial charge in [-0.1, -0.05) is 6.07 Å². The molecule has 1 saturated heterocycles. The van der Waals surface area contributed by atoms with Crippen molar-refractivity contribution in [3.05, 3.63) is 34.7 Å². The lowest BCUT2D eigenvalue weighted by Gasteiger charge is -2.22. The van der Waals surface area contributed by atoms with Crippen LogP contribution in [0.1, 0.15) is 19.3 Å². The van der Waals surface area contributed by atoms with Crippen LogP contribution in [0.2, 0.25) is 0 Å². The fourth-order valence-electron chi connectivity index (χ4n) is 2.85. The van der Waals surface area contributed by atoms with Gasteiger partial charge in [0.15, 0.2) is 0 Å². The van der Waals surface area contributed by atoms with E-state index in [0.29, 0.717) is 0 Å². The maximum Gasteiger partial charge on any atom is 0.250 e. The topological polar surface area (TPSA) is 54.5 Å². The SMILES string of the molecule is NCCCCN1CCCN(CCn2ccccc2=O)CC1. The number of nitrogens with zero attached hydrogens (tertiary/aromatic N) is 3. The predicted octanol–water partition coefficient (Wildman–Crippen LogP) is 0.595. The molecule has 0 unspecified atom stereocenters. The number of nitrogens with two attached hydrogens (primary N) is 1. The van der Waals surface area contributed by atoms with Gasteiger partial charge in [-0.2, -0.15) is 0 Å². The minimum Gasteiger partial charge on any atom is -0.330 e. The summed E-state index contributed by atoms with van der Waals surface area (Å²) in [6.45, 7) is 8.27. The molecule has 2 heterocycles. The van der Waals surface area contributed by atoms with Gasteiger partial charge in [-0.15, -0.1) is 0 Å². The normalized spacial score (nSPS) is 17.8. The molecule has 2 N–H and O–H groups in total. The van der Waals surface area contributed by atoms with Crippen LogP contribution in [-0.2, 0) is 6.54 Å². The molecule has 1 fully saturated rings. The second kappa shape index (κ2) is 8.97. The first-order valence-electron chi connectivity index (χ1n) is 8.10. The molecule has 5 nitrogen and oxygen atoms in total. The van der Waals surface area contributed by atoms with E-state index in [9.17, 15) is 4.79 Å². The molecular formula is C16H28N4O. The number of unbranched alkanes of at least 4 members (excludes halogenated alkanes) is 1. The zero-order valence-corrected chi connectivity index (χ0v) is 12.9. The van der Waals surface area contributed by atoms with Crippen molar-refractivity contribution in [3.63, 3.8) is 0 Å². The lowest BCUT2D eigenvalue weighted by atomic mass is 10.3. The van der Waals surface area contributed by atoms with Crippen LogP contribution in [0, 0.1) is 0 Å². The van der Waals surface area contributed by atoms with Crippen molar-refractivity contribution < 1.29 is 0 Å². The van der Waals surface area contributed by atoms with Gasteiger partial charge in [0.25, 0.3) is 5.56 Å². The van der Waals surface area contributed by atoms with Crippen molar-refractivity contribution in [2.24, 2.45) is 5.73 Å². The van der Waals surface area contributed by atoms with Crippen LogP contribution in [0.3, 0.4) is 0 Å². The Hall–Kier alpha value is -1.17. The Balaban J connectivity index is 1.73. The minimum absolute atomic E-state index is 0.0933. The Morgan fingerprint density at radius 2 is 1.71 bits per heavy atom. The number of hydrogen-bond donors (Lipinski definition) is 1. The monoisotopic (exact) mass is 292 g/mol. The molecule has 0 atom stereocenters. The summed E-state index contributed by atoms with van der Waals surface area (Å²) >= 11 is 0. The number of rotatable bonds is 7. The van der Waals surface area contributed by atoms with Crippen molar-refractivity contribution in [2.75, 3.05) is 45.8 Å². The molecule has 0 amide bonds. The van der Waals surface area contributed by atoms with E-state index >= 15 is 0 Å². The van der Waals surface area contributed by atoms with Crippen molar-refractivity contribution in [1.82, 2.24) is 14.4 Å². The highest BCUT2D eigenvalue weighted by Crippen LogP contribution is 2.04. The minimum atomic E-state index is 0.0933. The zero-order chi connectivity index (χ0) is 14.9. The van der Waals surface area contributed by atoms with Crippen molar-refractivity contribution in [3.8, 4) is 0 Å². The average molecular weight is 292 g/mol. The van der Waals surface area contributed by atoms with E-state index in [1.54, 1.807) is 16.7 Å². The third-order valence-electron chi connectivity index (χ3n) is 4.17.